The van der Waals surface area contributed by atoms with Crippen molar-refractivity contribution in [2.75, 3.05) is 0 Å². The van der Waals surface area contributed by atoms with Crippen LogP contribution in [0.1, 0.15) is 37.1 Å². The van der Waals surface area contributed by atoms with Crippen molar-refractivity contribution in [3.63, 3.8) is 0 Å². The average Bonchev–Trinajstić information content (AvgIpc) is 2.43. The van der Waals surface area contributed by atoms with Gasteiger partial charge in [0.05, 0.1) is 5.02 Å². The van der Waals surface area contributed by atoms with Gasteiger partial charge in [0.25, 0.3) is 0 Å². The van der Waals surface area contributed by atoms with Gasteiger partial charge in [-0.1, -0.05) is 57.3 Å². The minimum Gasteiger partial charge on any atom is -0.304 e. The number of nitrogens with one attached hydrogen (secondary N) is 1. The van der Waals surface area contributed by atoms with Crippen LogP contribution in [0.2, 0.25) is 10.0 Å². The molecule has 21 heavy (non-hydrogen) atoms. The number of hydrogen-bond acceptors (Lipinski definition) is 1. The molecule has 0 aliphatic rings. The summed E-state index contributed by atoms with van der Waals surface area (Å²) in [7, 11) is 0. The Kier molecular flexibility index (Phi) is 5.67. The largest absolute Gasteiger partial charge is 0.304 e. The summed E-state index contributed by atoms with van der Waals surface area (Å²) >= 11 is 15.7. The molecule has 2 aromatic carbocycles. The summed E-state index contributed by atoms with van der Waals surface area (Å²) in [6.07, 6.45) is 0. The lowest BCUT2D eigenvalue weighted by Crippen LogP contribution is -2.23. The highest BCUT2D eigenvalue weighted by molar-refractivity contribution is 9.10. The van der Waals surface area contributed by atoms with Crippen molar-refractivity contribution in [2.24, 2.45) is 0 Å². The van der Waals surface area contributed by atoms with Crippen molar-refractivity contribution >= 4 is 39.1 Å². The van der Waals surface area contributed by atoms with E-state index in [2.05, 4.69) is 21.2 Å². The molecule has 2 aromatic rings. The highest BCUT2D eigenvalue weighted by Gasteiger charge is 2.19. The van der Waals surface area contributed by atoms with Gasteiger partial charge in [0, 0.05) is 27.1 Å². The molecule has 2 unspecified atom stereocenters. The predicted molar refractivity (Wildman–Crippen MR) is 90.5 cm³/mol. The Hall–Kier alpha value is -0.610. The van der Waals surface area contributed by atoms with Crippen LogP contribution in [0.3, 0.4) is 0 Å². The van der Waals surface area contributed by atoms with Crippen molar-refractivity contribution in [1.29, 1.82) is 0 Å². The predicted octanol–water partition coefficient (Wildman–Crippen LogP) is 6.31. The van der Waals surface area contributed by atoms with E-state index in [0.29, 0.717) is 10.6 Å². The van der Waals surface area contributed by atoms with Crippen LogP contribution in [0.25, 0.3) is 0 Å². The molecular weight excluding hydrogens is 376 g/mol. The maximum Gasteiger partial charge on any atom is 0.142 e. The average molecular weight is 391 g/mol. The van der Waals surface area contributed by atoms with Crippen molar-refractivity contribution in [3.8, 4) is 0 Å². The smallest absolute Gasteiger partial charge is 0.142 e. The Morgan fingerprint density at radius 1 is 1.05 bits per heavy atom. The van der Waals surface area contributed by atoms with E-state index < -0.39 is 5.82 Å². The lowest BCUT2D eigenvalue weighted by molar-refractivity contribution is 0.491. The molecule has 0 aliphatic carbocycles. The SMILES string of the molecule is CC(NC(C)c1c(Cl)ccc(F)c1Cl)c1ccccc1Br. The molecule has 5 heteroatoms. The zero-order valence-corrected chi connectivity index (χ0v) is 14.7. The first-order valence-electron chi connectivity index (χ1n) is 6.55. The fraction of sp³-hybridized carbons (Fsp3) is 0.250. The van der Waals surface area contributed by atoms with E-state index in [1.165, 1.54) is 12.1 Å². The third-order valence-electron chi connectivity index (χ3n) is 3.38. The highest BCUT2D eigenvalue weighted by atomic mass is 79.9. The summed E-state index contributed by atoms with van der Waals surface area (Å²) in [6, 6.07) is 10.6. The fourth-order valence-electron chi connectivity index (χ4n) is 2.31. The molecule has 2 atom stereocenters. The molecule has 0 radical (unpaired) electrons. The first kappa shape index (κ1) is 16.8. The monoisotopic (exact) mass is 389 g/mol. The molecule has 2 rings (SSSR count). The molecule has 0 aliphatic heterocycles. The Balaban J connectivity index is 2.25. The van der Waals surface area contributed by atoms with Crippen LogP contribution in [-0.2, 0) is 0 Å². The van der Waals surface area contributed by atoms with Gasteiger partial charge in [-0.3, -0.25) is 0 Å². The maximum absolute atomic E-state index is 13.6. The van der Waals surface area contributed by atoms with E-state index in [4.69, 9.17) is 23.2 Å². The summed E-state index contributed by atoms with van der Waals surface area (Å²) < 4.78 is 14.6. The Labute approximate surface area is 142 Å². The number of rotatable bonds is 4. The van der Waals surface area contributed by atoms with Gasteiger partial charge in [0.1, 0.15) is 5.82 Å². The normalized spacial score (nSPS) is 14.0. The van der Waals surface area contributed by atoms with E-state index in [-0.39, 0.29) is 17.1 Å². The number of hydrogen-bond donors (Lipinski definition) is 1. The third-order valence-corrected chi connectivity index (χ3v) is 4.82. The molecular formula is C16H15BrCl2FN. The molecule has 0 amide bonds. The number of halogens is 4. The van der Waals surface area contributed by atoms with Gasteiger partial charge in [-0.2, -0.15) is 0 Å². The van der Waals surface area contributed by atoms with E-state index in [1.54, 1.807) is 0 Å². The highest BCUT2D eigenvalue weighted by Crippen LogP contribution is 2.34. The second kappa shape index (κ2) is 7.10. The number of benzene rings is 2. The standard InChI is InChI=1S/C16H15BrCl2FN/c1-9(11-5-3-4-6-12(11)17)21-10(2)15-13(18)7-8-14(20)16(15)19/h3-10,21H,1-2H3. The second-order valence-corrected chi connectivity index (χ2v) is 6.53. The van der Waals surface area contributed by atoms with Gasteiger partial charge in [0.2, 0.25) is 0 Å². The molecule has 1 N–H and O–H groups in total. The first-order chi connectivity index (χ1) is 9.91. The molecule has 0 saturated heterocycles. The molecule has 112 valence electrons. The summed E-state index contributed by atoms with van der Waals surface area (Å²) in [5, 5.41) is 3.93. The molecule has 1 nitrogen and oxygen atoms in total. The zero-order chi connectivity index (χ0) is 15.6. The third kappa shape index (κ3) is 3.78. The fourth-order valence-corrected chi connectivity index (χ4v) is 3.64. The Morgan fingerprint density at radius 3 is 2.38 bits per heavy atom. The molecule has 0 spiro atoms. The Bertz CT molecular complexity index is 648. The van der Waals surface area contributed by atoms with E-state index in [9.17, 15) is 4.39 Å². The van der Waals surface area contributed by atoms with Crippen LogP contribution >= 0.6 is 39.1 Å². The van der Waals surface area contributed by atoms with Gasteiger partial charge >= 0.3 is 0 Å². The topological polar surface area (TPSA) is 12.0 Å². The summed E-state index contributed by atoms with van der Waals surface area (Å²) in [5.41, 5.74) is 1.70. The van der Waals surface area contributed by atoms with Crippen LogP contribution < -0.4 is 5.32 Å². The van der Waals surface area contributed by atoms with Crippen LogP contribution in [0.4, 0.5) is 4.39 Å². The molecule has 0 saturated carbocycles. The van der Waals surface area contributed by atoms with Crippen molar-refractivity contribution in [1.82, 2.24) is 5.32 Å². The molecule has 0 heterocycles. The quantitative estimate of drug-likeness (QED) is 0.603. The minimum absolute atomic E-state index is 0.0611. The van der Waals surface area contributed by atoms with Gasteiger partial charge in [-0.25, -0.2) is 4.39 Å². The van der Waals surface area contributed by atoms with E-state index >= 15 is 0 Å². The summed E-state index contributed by atoms with van der Waals surface area (Å²) in [4.78, 5) is 0. The zero-order valence-electron chi connectivity index (χ0n) is 11.6. The minimum atomic E-state index is -0.460. The molecule has 0 aromatic heterocycles. The van der Waals surface area contributed by atoms with Crippen molar-refractivity contribution in [3.05, 3.63) is 67.9 Å². The van der Waals surface area contributed by atoms with Crippen LogP contribution in [0.15, 0.2) is 40.9 Å². The summed E-state index contributed by atoms with van der Waals surface area (Å²) in [6.45, 7) is 3.96. The van der Waals surface area contributed by atoms with Gasteiger partial charge in [0.15, 0.2) is 0 Å². The maximum atomic E-state index is 13.6. The molecule has 0 bridgehead atoms. The lowest BCUT2D eigenvalue weighted by atomic mass is 10.0. The molecule has 0 fully saturated rings. The first-order valence-corrected chi connectivity index (χ1v) is 8.10. The van der Waals surface area contributed by atoms with Crippen LogP contribution in [0.5, 0.6) is 0 Å². The van der Waals surface area contributed by atoms with Gasteiger partial charge in [-0.05, 0) is 37.6 Å². The van der Waals surface area contributed by atoms with Gasteiger partial charge in [-0.15, -0.1) is 0 Å². The van der Waals surface area contributed by atoms with Gasteiger partial charge < -0.3 is 5.32 Å². The summed E-state index contributed by atoms with van der Waals surface area (Å²) in [5.74, 6) is -0.460. The van der Waals surface area contributed by atoms with Crippen LogP contribution in [-0.4, -0.2) is 0 Å². The second-order valence-electron chi connectivity index (χ2n) is 4.89. The van der Waals surface area contributed by atoms with E-state index in [0.717, 1.165) is 10.0 Å². The van der Waals surface area contributed by atoms with Crippen LogP contribution in [0, 0.1) is 5.82 Å². The Morgan fingerprint density at radius 2 is 1.71 bits per heavy atom. The van der Waals surface area contributed by atoms with E-state index in [1.807, 2.05) is 38.1 Å². The van der Waals surface area contributed by atoms with Crippen molar-refractivity contribution < 1.29 is 4.39 Å². The lowest BCUT2D eigenvalue weighted by Gasteiger charge is -2.23. The van der Waals surface area contributed by atoms with Crippen molar-refractivity contribution in [2.45, 2.75) is 25.9 Å².